The highest BCUT2D eigenvalue weighted by atomic mass is 19.1. The number of nitrogens with one attached hydrogen (secondary N) is 2. The molecule has 12 heteroatoms. The molecule has 11 nitrogen and oxygen atoms in total. The van der Waals surface area contributed by atoms with Gasteiger partial charge in [-0.2, -0.15) is 15.1 Å². The minimum absolute atomic E-state index is 0.0795. The molecule has 0 aliphatic rings. The molecule has 164 valence electrons. The highest BCUT2D eigenvalue weighted by Crippen LogP contribution is 2.32. The van der Waals surface area contributed by atoms with E-state index in [-0.39, 0.29) is 28.7 Å². The Bertz CT molecular complexity index is 1300. The van der Waals surface area contributed by atoms with Gasteiger partial charge in [-0.25, -0.2) is 13.9 Å². The van der Waals surface area contributed by atoms with Gasteiger partial charge in [-0.15, -0.1) is 0 Å². The third kappa shape index (κ3) is 3.47. The molecule has 1 atom stereocenters. The Morgan fingerprint density at radius 1 is 1.25 bits per heavy atom. The molecule has 4 aromatic rings. The summed E-state index contributed by atoms with van der Waals surface area (Å²) >= 11 is 0. The zero-order chi connectivity index (χ0) is 22.9. The van der Waals surface area contributed by atoms with E-state index >= 15 is 0 Å². The number of amides is 1. The Kier molecular flexibility index (Phi) is 5.18. The van der Waals surface area contributed by atoms with Crippen LogP contribution in [0.25, 0.3) is 11.0 Å². The number of carbonyl (C=O) groups is 2. The third-order valence-corrected chi connectivity index (χ3v) is 4.88. The number of halogens is 1. The van der Waals surface area contributed by atoms with Crippen LogP contribution in [0.2, 0.25) is 0 Å². The Morgan fingerprint density at radius 2 is 2.06 bits per heavy atom. The molecule has 1 amide bonds. The van der Waals surface area contributed by atoms with Crippen LogP contribution >= 0.6 is 0 Å². The molecular formula is C20H18FN7O4. The fourth-order valence-corrected chi connectivity index (χ4v) is 3.25. The molecule has 0 saturated heterocycles. The second-order valence-electron chi connectivity index (χ2n) is 6.85. The Morgan fingerprint density at radius 3 is 2.75 bits per heavy atom. The fraction of sp³-hybridized carbons (Fsp3) is 0.150. The van der Waals surface area contributed by atoms with Crippen LogP contribution in [0.15, 0.2) is 53.3 Å². The molecule has 0 fully saturated rings. The minimum Gasteiger partial charge on any atom is -0.467 e. The van der Waals surface area contributed by atoms with E-state index in [1.54, 1.807) is 12.1 Å². The van der Waals surface area contributed by atoms with Gasteiger partial charge in [0.25, 0.3) is 0 Å². The molecule has 4 N–H and O–H groups in total. The summed E-state index contributed by atoms with van der Waals surface area (Å²) in [5.74, 6) is -1.73. The van der Waals surface area contributed by atoms with Gasteiger partial charge in [-0.3, -0.25) is 15.6 Å². The normalized spacial score (nSPS) is 12.8. The summed E-state index contributed by atoms with van der Waals surface area (Å²) in [7, 11) is 1.21. The van der Waals surface area contributed by atoms with E-state index in [2.05, 4.69) is 25.9 Å². The first-order chi connectivity index (χ1) is 15.3. The number of aromatic nitrogens is 4. The quantitative estimate of drug-likeness (QED) is 0.302. The lowest BCUT2D eigenvalue weighted by molar-refractivity contribution is -0.148. The molecule has 3 heterocycles. The van der Waals surface area contributed by atoms with Gasteiger partial charge in [-0.1, -0.05) is 12.1 Å². The van der Waals surface area contributed by atoms with E-state index in [0.717, 1.165) is 0 Å². The average Bonchev–Trinajstić information content (AvgIpc) is 3.46. The average molecular weight is 439 g/mol. The number of methoxy groups -OCH3 is 1. The van der Waals surface area contributed by atoms with E-state index in [4.69, 9.17) is 14.9 Å². The van der Waals surface area contributed by atoms with Crippen LogP contribution in [0.1, 0.15) is 23.0 Å². The van der Waals surface area contributed by atoms with Gasteiger partial charge in [0.15, 0.2) is 22.8 Å². The smallest absolute Gasteiger partial charge is 0.338 e. The predicted octanol–water partition coefficient (Wildman–Crippen LogP) is 1.83. The zero-order valence-electron chi connectivity index (χ0n) is 17.0. The SMILES string of the molecule is COC(=O)C(C)(c1cccc(F)c1)n1ncc2c(NNC(=O)c3ccco3)nc(N)nc21. The zero-order valence-corrected chi connectivity index (χ0v) is 17.0. The number of anilines is 2. The first-order valence-electron chi connectivity index (χ1n) is 9.30. The van der Waals surface area contributed by atoms with Crippen LogP contribution < -0.4 is 16.6 Å². The van der Waals surface area contributed by atoms with Crippen molar-refractivity contribution in [2.75, 3.05) is 18.3 Å². The summed E-state index contributed by atoms with van der Waals surface area (Å²) in [4.78, 5) is 33.3. The molecule has 3 aromatic heterocycles. The number of benzene rings is 1. The van der Waals surface area contributed by atoms with Crippen LogP contribution in [-0.4, -0.2) is 38.7 Å². The van der Waals surface area contributed by atoms with E-state index < -0.39 is 23.2 Å². The Hall–Kier alpha value is -4.48. The van der Waals surface area contributed by atoms with Gasteiger partial charge < -0.3 is 14.9 Å². The van der Waals surface area contributed by atoms with Gasteiger partial charge in [-0.05, 0) is 36.8 Å². The largest absolute Gasteiger partial charge is 0.467 e. The van der Waals surface area contributed by atoms with Gasteiger partial charge >= 0.3 is 11.9 Å². The molecule has 0 bridgehead atoms. The lowest BCUT2D eigenvalue weighted by Gasteiger charge is -2.28. The van der Waals surface area contributed by atoms with Crippen LogP contribution in [-0.2, 0) is 15.1 Å². The van der Waals surface area contributed by atoms with E-state index in [9.17, 15) is 14.0 Å². The second kappa shape index (κ2) is 7.98. The van der Waals surface area contributed by atoms with E-state index in [0.29, 0.717) is 5.39 Å². The summed E-state index contributed by atoms with van der Waals surface area (Å²) in [6.45, 7) is 1.52. The highest BCUT2D eigenvalue weighted by Gasteiger charge is 2.41. The standard InChI is InChI=1S/C20H18FN7O4/c1-20(18(30)31-2,11-5-3-6-12(21)9-11)28-16-13(10-23-28)15(24-19(22)25-16)26-27-17(29)14-7-4-8-32-14/h3-10H,1-2H3,(H,27,29)(H3,22,24,25,26). The predicted molar refractivity (Wildman–Crippen MR) is 111 cm³/mol. The number of fused-ring (bicyclic) bond motifs is 1. The maximum Gasteiger partial charge on any atom is 0.338 e. The lowest BCUT2D eigenvalue weighted by Crippen LogP contribution is -2.42. The third-order valence-electron chi connectivity index (χ3n) is 4.88. The highest BCUT2D eigenvalue weighted by molar-refractivity contribution is 5.94. The number of rotatable bonds is 6. The van der Waals surface area contributed by atoms with Crippen LogP contribution in [0, 0.1) is 5.82 Å². The molecule has 4 rings (SSSR count). The lowest BCUT2D eigenvalue weighted by atomic mass is 9.92. The number of nitrogen functional groups attached to an aromatic ring is 1. The van der Waals surface area contributed by atoms with Gasteiger partial charge in [0.1, 0.15) is 5.82 Å². The minimum atomic E-state index is -1.58. The molecule has 0 radical (unpaired) electrons. The number of carbonyl (C=O) groups excluding carboxylic acids is 2. The summed E-state index contributed by atoms with van der Waals surface area (Å²) < 4.78 is 25.2. The van der Waals surface area contributed by atoms with Crippen molar-refractivity contribution in [3.8, 4) is 0 Å². The van der Waals surface area contributed by atoms with E-state index in [1.165, 1.54) is 55.4 Å². The van der Waals surface area contributed by atoms with Crippen LogP contribution in [0.5, 0.6) is 0 Å². The molecule has 0 spiro atoms. The fourth-order valence-electron chi connectivity index (χ4n) is 3.25. The maximum atomic E-state index is 14.0. The number of esters is 1. The Balaban J connectivity index is 1.79. The van der Waals surface area contributed by atoms with Crippen molar-refractivity contribution in [2.45, 2.75) is 12.5 Å². The molecule has 0 aliphatic carbocycles. The summed E-state index contributed by atoms with van der Waals surface area (Å²) in [5.41, 5.74) is 9.81. The molecule has 32 heavy (non-hydrogen) atoms. The van der Waals surface area contributed by atoms with Crippen LogP contribution in [0.4, 0.5) is 16.2 Å². The summed E-state index contributed by atoms with van der Waals surface area (Å²) in [6, 6.07) is 8.56. The first-order valence-corrected chi connectivity index (χ1v) is 9.30. The number of hydrogen-bond donors (Lipinski definition) is 3. The number of ether oxygens (including phenoxy) is 1. The topological polar surface area (TPSA) is 150 Å². The number of hydrazine groups is 1. The molecule has 0 aliphatic heterocycles. The number of hydrogen-bond acceptors (Lipinski definition) is 9. The summed E-state index contributed by atoms with van der Waals surface area (Å²) in [6.07, 6.45) is 2.75. The first kappa shape index (κ1) is 20.8. The van der Waals surface area contributed by atoms with Crippen molar-refractivity contribution >= 4 is 34.7 Å². The van der Waals surface area contributed by atoms with Crippen molar-refractivity contribution in [3.63, 3.8) is 0 Å². The van der Waals surface area contributed by atoms with Crippen molar-refractivity contribution in [1.82, 2.24) is 25.2 Å². The van der Waals surface area contributed by atoms with Crippen molar-refractivity contribution in [3.05, 3.63) is 66.0 Å². The number of nitrogens with two attached hydrogens (primary N) is 1. The van der Waals surface area contributed by atoms with Gasteiger partial charge in [0.2, 0.25) is 5.95 Å². The second-order valence-corrected chi connectivity index (χ2v) is 6.85. The number of nitrogens with zero attached hydrogens (tertiary/aromatic N) is 4. The van der Waals surface area contributed by atoms with Crippen molar-refractivity contribution in [1.29, 1.82) is 0 Å². The number of furan rings is 1. The van der Waals surface area contributed by atoms with Crippen molar-refractivity contribution < 1.29 is 23.1 Å². The Labute approximate surface area is 180 Å². The molecular weight excluding hydrogens is 421 g/mol. The van der Waals surface area contributed by atoms with Crippen LogP contribution in [0.3, 0.4) is 0 Å². The van der Waals surface area contributed by atoms with Gasteiger partial charge in [0.05, 0.1) is 25.0 Å². The van der Waals surface area contributed by atoms with Gasteiger partial charge in [0, 0.05) is 0 Å². The molecule has 0 saturated carbocycles. The summed E-state index contributed by atoms with van der Waals surface area (Å²) in [5, 5.41) is 4.62. The molecule has 1 aromatic carbocycles. The maximum absolute atomic E-state index is 14.0. The molecule has 1 unspecified atom stereocenters. The monoisotopic (exact) mass is 439 g/mol. The van der Waals surface area contributed by atoms with E-state index in [1.807, 2.05) is 0 Å². The van der Waals surface area contributed by atoms with Crippen molar-refractivity contribution in [2.24, 2.45) is 0 Å².